The maximum absolute atomic E-state index is 5.68. The van der Waals surface area contributed by atoms with Crippen molar-refractivity contribution >= 4 is 15.9 Å². The van der Waals surface area contributed by atoms with E-state index in [0.717, 1.165) is 29.0 Å². The summed E-state index contributed by atoms with van der Waals surface area (Å²) in [6, 6.07) is 7.67. The second kappa shape index (κ2) is 6.47. The van der Waals surface area contributed by atoms with Gasteiger partial charge in [0.2, 0.25) is 0 Å². The van der Waals surface area contributed by atoms with Gasteiger partial charge < -0.3 is 10.1 Å². The van der Waals surface area contributed by atoms with E-state index >= 15 is 0 Å². The monoisotopic (exact) mass is 307 g/mol. The van der Waals surface area contributed by atoms with Crippen LogP contribution in [0.2, 0.25) is 0 Å². The van der Waals surface area contributed by atoms with Crippen molar-refractivity contribution in [3.8, 4) is 11.5 Å². The molecule has 1 aromatic carbocycles. The SMILES string of the molecule is CNCCc1ncc(Oc2ccccc2Br)cn1. The van der Waals surface area contributed by atoms with Crippen LogP contribution >= 0.6 is 15.9 Å². The van der Waals surface area contributed by atoms with Gasteiger partial charge >= 0.3 is 0 Å². The van der Waals surface area contributed by atoms with E-state index in [1.807, 2.05) is 31.3 Å². The molecule has 0 spiro atoms. The summed E-state index contributed by atoms with van der Waals surface area (Å²) in [5, 5.41) is 3.06. The van der Waals surface area contributed by atoms with Gasteiger partial charge in [0, 0.05) is 13.0 Å². The standard InChI is InChI=1S/C13H14BrN3O/c1-15-7-6-13-16-8-10(9-17-13)18-12-5-3-2-4-11(12)14/h2-5,8-9,15H,6-7H2,1H3. The normalized spacial score (nSPS) is 10.3. The summed E-state index contributed by atoms with van der Waals surface area (Å²) in [6.45, 7) is 0.866. The molecule has 2 aromatic rings. The van der Waals surface area contributed by atoms with Crippen LogP contribution in [-0.4, -0.2) is 23.6 Å². The molecule has 2 rings (SSSR count). The lowest BCUT2D eigenvalue weighted by atomic mass is 10.3. The minimum Gasteiger partial charge on any atom is -0.453 e. The van der Waals surface area contributed by atoms with Gasteiger partial charge in [-0.1, -0.05) is 12.1 Å². The zero-order valence-corrected chi connectivity index (χ0v) is 11.6. The molecule has 0 aliphatic carbocycles. The highest BCUT2D eigenvalue weighted by Gasteiger charge is 2.03. The first-order valence-corrected chi connectivity index (χ1v) is 6.47. The Bertz CT molecular complexity index is 502. The van der Waals surface area contributed by atoms with Crippen LogP contribution in [0.25, 0.3) is 0 Å². The third kappa shape index (κ3) is 3.51. The van der Waals surface area contributed by atoms with Crippen molar-refractivity contribution in [1.82, 2.24) is 15.3 Å². The van der Waals surface area contributed by atoms with E-state index in [9.17, 15) is 0 Å². The van der Waals surface area contributed by atoms with E-state index in [1.165, 1.54) is 0 Å². The lowest BCUT2D eigenvalue weighted by Gasteiger charge is -2.07. The van der Waals surface area contributed by atoms with Crippen molar-refractivity contribution < 1.29 is 4.74 Å². The summed E-state index contributed by atoms with van der Waals surface area (Å²) in [7, 11) is 1.91. The fraction of sp³-hybridized carbons (Fsp3) is 0.231. The van der Waals surface area contributed by atoms with Crippen molar-refractivity contribution in [2.24, 2.45) is 0 Å². The van der Waals surface area contributed by atoms with Gasteiger partial charge in [-0.15, -0.1) is 0 Å². The summed E-state index contributed by atoms with van der Waals surface area (Å²) < 4.78 is 6.59. The maximum Gasteiger partial charge on any atom is 0.164 e. The van der Waals surface area contributed by atoms with Gasteiger partial charge in [0.05, 0.1) is 16.9 Å². The van der Waals surface area contributed by atoms with Gasteiger partial charge in [0.1, 0.15) is 11.6 Å². The third-order valence-electron chi connectivity index (χ3n) is 2.34. The molecule has 94 valence electrons. The zero-order valence-electron chi connectivity index (χ0n) is 10.1. The Balaban J connectivity index is 2.04. The van der Waals surface area contributed by atoms with E-state index in [1.54, 1.807) is 12.4 Å². The van der Waals surface area contributed by atoms with Crippen LogP contribution in [-0.2, 0) is 6.42 Å². The molecule has 0 saturated heterocycles. The molecule has 0 aliphatic heterocycles. The van der Waals surface area contributed by atoms with Gasteiger partial charge in [-0.2, -0.15) is 0 Å². The van der Waals surface area contributed by atoms with Crippen molar-refractivity contribution in [1.29, 1.82) is 0 Å². The van der Waals surface area contributed by atoms with Crippen LogP contribution in [0.4, 0.5) is 0 Å². The first-order chi connectivity index (χ1) is 8.79. The predicted octanol–water partition coefficient (Wildman–Crippen LogP) is 2.79. The molecule has 0 unspecified atom stereocenters. The molecule has 0 bridgehead atoms. The summed E-state index contributed by atoms with van der Waals surface area (Å²) in [6.07, 6.45) is 4.20. The van der Waals surface area contributed by atoms with E-state index in [0.29, 0.717) is 5.75 Å². The number of hydrogen-bond donors (Lipinski definition) is 1. The minimum atomic E-state index is 0.634. The number of nitrogens with zero attached hydrogens (tertiary/aromatic N) is 2. The summed E-state index contributed by atoms with van der Waals surface area (Å²) in [5.74, 6) is 2.20. The van der Waals surface area contributed by atoms with Crippen molar-refractivity contribution in [3.63, 3.8) is 0 Å². The Morgan fingerprint density at radius 3 is 2.61 bits per heavy atom. The van der Waals surface area contributed by atoms with E-state index in [4.69, 9.17) is 4.74 Å². The van der Waals surface area contributed by atoms with Crippen molar-refractivity contribution in [2.45, 2.75) is 6.42 Å². The summed E-state index contributed by atoms with van der Waals surface area (Å²) >= 11 is 3.43. The van der Waals surface area contributed by atoms with Crippen LogP contribution < -0.4 is 10.1 Å². The summed E-state index contributed by atoms with van der Waals surface area (Å²) in [4.78, 5) is 8.50. The maximum atomic E-state index is 5.68. The Morgan fingerprint density at radius 2 is 1.94 bits per heavy atom. The highest BCUT2D eigenvalue weighted by atomic mass is 79.9. The number of halogens is 1. The lowest BCUT2D eigenvalue weighted by molar-refractivity contribution is 0.473. The van der Waals surface area contributed by atoms with E-state index in [2.05, 4.69) is 31.2 Å². The number of nitrogens with one attached hydrogen (secondary N) is 1. The zero-order chi connectivity index (χ0) is 12.8. The molecule has 0 fully saturated rings. The Hall–Kier alpha value is -1.46. The Labute approximate surface area is 115 Å². The number of ether oxygens (including phenoxy) is 1. The van der Waals surface area contributed by atoms with Gasteiger partial charge in [-0.05, 0) is 35.1 Å². The smallest absolute Gasteiger partial charge is 0.164 e. The lowest BCUT2D eigenvalue weighted by Crippen LogP contribution is -2.12. The van der Waals surface area contributed by atoms with Crippen LogP contribution in [0.15, 0.2) is 41.1 Å². The van der Waals surface area contributed by atoms with Crippen LogP contribution in [0.5, 0.6) is 11.5 Å². The van der Waals surface area contributed by atoms with E-state index < -0.39 is 0 Å². The fourth-order valence-electron chi connectivity index (χ4n) is 1.42. The highest BCUT2D eigenvalue weighted by Crippen LogP contribution is 2.28. The first kappa shape index (κ1) is 13.0. The number of rotatable bonds is 5. The fourth-order valence-corrected chi connectivity index (χ4v) is 1.78. The first-order valence-electron chi connectivity index (χ1n) is 5.67. The van der Waals surface area contributed by atoms with Crippen molar-refractivity contribution in [2.75, 3.05) is 13.6 Å². The molecular weight excluding hydrogens is 294 g/mol. The average molecular weight is 308 g/mol. The number of benzene rings is 1. The Kier molecular flexibility index (Phi) is 4.66. The molecule has 1 heterocycles. The molecule has 5 heteroatoms. The van der Waals surface area contributed by atoms with Gasteiger partial charge in [0.25, 0.3) is 0 Å². The quantitative estimate of drug-likeness (QED) is 0.922. The molecule has 0 amide bonds. The minimum absolute atomic E-state index is 0.634. The topological polar surface area (TPSA) is 47.0 Å². The largest absolute Gasteiger partial charge is 0.453 e. The third-order valence-corrected chi connectivity index (χ3v) is 3.00. The molecule has 0 aliphatic rings. The molecule has 0 atom stereocenters. The molecule has 1 N–H and O–H groups in total. The molecular formula is C13H14BrN3O. The van der Waals surface area contributed by atoms with E-state index in [-0.39, 0.29) is 0 Å². The number of hydrogen-bond acceptors (Lipinski definition) is 4. The molecule has 4 nitrogen and oxygen atoms in total. The molecule has 0 radical (unpaired) electrons. The van der Waals surface area contributed by atoms with Gasteiger partial charge in [-0.3, -0.25) is 0 Å². The van der Waals surface area contributed by atoms with Crippen LogP contribution in [0.3, 0.4) is 0 Å². The van der Waals surface area contributed by atoms with Crippen LogP contribution in [0.1, 0.15) is 5.82 Å². The van der Waals surface area contributed by atoms with Gasteiger partial charge in [-0.25, -0.2) is 9.97 Å². The highest BCUT2D eigenvalue weighted by molar-refractivity contribution is 9.10. The predicted molar refractivity (Wildman–Crippen MR) is 73.9 cm³/mol. The second-order valence-electron chi connectivity index (χ2n) is 3.72. The number of aromatic nitrogens is 2. The molecule has 0 saturated carbocycles. The van der Waals surface area contributed by atoms with Gasteiger partial charge in [0.15, 0.2) is 5.75 Å². The number of likely N-dealkylation sites (N-methyl/N-ethyl adjacent to an activating group) is 1. The Morgan fingerprint density at radius 1 is 1.22 bits per heavy atom. The molecule has 1 aromatic heterocycles. The van der Waals surface area contributed by atoms with Crippen molar-refractivity contribution in [3.05, 3.63) is 47.0 Å². The van der Waals surface area contributed by atoms with Crippen LogP contribution in [0, 0.1) is 0 Å². The second-order valence-corrected chi connectivity index (χ2v) is 4.58. The summed E-state index contributed by atoms with van der Waals surface area (Å²) in [5.41, 5.74) is 0. The average Bonchev–Trinajstić information content (AvgIpc) is 2.41. The number of para-hydroxylation sites is 1. The molecule has 18 heavy (non-hydrogen) atoms.